The molecule has 19 heavy (non-hydrogen) atoms. The second-order valence-corrected chi connectivity index (χ2v) is 4.83. The molecule has 2 aromatic rings. The maximum absolute atomic E-state index is 12.0. The largest absolute Gasteiger partial charge is 0.357 e. The molecular weight excluding hydrogens is 238 g/mol. The molecule has 4 heteroatoms. The Morgan fingerprint density at radius 2 is 2.05 bits per heavy atom. The maximum atomic E-state index is 12.0. The predicted octanol–water partition coefficient (Wildman–Crippen LogP) is 1.78. The van der Waals surface area contributed by atoms with Gasteiger partial charge in [-0.05, 0) is 37.2 Å². The third-order valence-corrected chi connectivity index (χ3v) is 3.10. The molecule has 0 aromatic carbocycles. The number of aromatic nitrogens is 2. The molecule has 0 saturated heterocycles. The van der Waals surface area contributed by atoms with Crippen LogP contribution in [-0.4, -0.2) is 40.4 Å². The number of pyridine rings is 1. The van der Waals surface area contributed by atoms with Crippen LogP contribution in [0.15, 0.2) is 43.0 Å². The molecule has 100 valence electrons. The molecule has 0 bridgehead atoms. The molecule has 0 aliphatic carbocycles. The lowest BCUT2D eigenvalue weighted by atomic mass is 10.2. The summed E-state index contributed by atoms with van der Waals surface area (Å²) in [6, 6.07) is 5.87. The van der Waals surface area contributed by atoms with Gasteiger partial charge in [-0.2, -0.15) is 0 Å². The zero-order valence-corrected chi connectivity index (χ0v) is 11.4. The third-order valence-electron chi connectivity index (χ3n) is 3.10. The van der Waals surface area contributed by atoms with E-state index < -0.39 is 0 Å². The highest BCUT2D eigenvalue weighted by Gasteiger charge is 2.10. The molecule has 0 unspecified atom stereocenters. The van der Waals surface area contributed by atoms with E-state index in [1.165, 1.54) is 5.56 Å². The van der Waals surface area contributed by atoms with Crippen molar-refractivity contribution in [3.63, 3.8) is 0 Å². The van der Waals surface area contributed by atoms with Gasteiger partial charge in [-0.1, -0.05) is 0 Å². The Kier molecular flexibility index (Phi) is 4.47. The van der Waals surface area contributed by atoms with Crippen LogP contribution in [0, 0.1) is 0 Å². The predicted molar refractivity (Wildman–Crippen MR) is 75.2 cm³/mol. The van der Waals surface area contributed by atoms with Gasteiger partial charge in [0.1, 0.15) is 0 Å². The molecule has 0 fully saturated rings. The first-order chi connectivity index (χ1) is 9.15. The van der Waals surface area contributed by atoms with E-state index in [1.807, 2.05) is 49.3 Å². The van der Waals surface area contributed by atoms with Crippen molar-refractivity contribution in [2.75, 3.05) is 20.1 Å². The molecule has 0 aliphatic heterocycles. The zero-order valence-electron chi connectivity index (χ0n) is 11.4. The van der Waals surface area contributed by atoms with Crippen molar-refractivity contribution in [1.29, 1.82) is 0 Å². The number of likely N-dealkylation sites (N-methyl/N-ethyl adjacent to an activating group) is 1. The number of hydrogen-bond donors (Lipinski definition) is 0. The lowest BCUT2D eigenvalue weighted by Gasteiger charge is -2.15. The quantitative estimate of drug-likeness (QED) is 0.740. The minimum Gasteiger partial charge on any atom is -0.357 e. The van der Waals surface area contributed by atoms with Crippen molar-refractivity contribution in [1.82, 2.24) is 14.5 Å². The van der Waals surface area contributed by atoms with Crippen LogP contribution in [0.4, 0.5) is 0 Å². The fourth-order valence-corrected chi connectivity index (χ4v) is 1.95. The van der Waals surface area contributed by atoms with Gasteiger partial charge in [-0.3, -0.25) is 14.7 Å². The minimum absolute atomic E-state index is 0.165. The van der Waals surface area contributed by atoms with Crippen LogP contribution in [0.1, 0.15) is 15.9 Å². The standard InChI is InChI=1S/C15H19N3O/c1-17-10-6-14(11-17)15(19)12-18(2)9-5-13-3-7-16-8-4-13/h3-4,6-8,10-11H,5,9,12H2,1-2H3. The molecule has 4 nitrogen and oxygen atoms in total. The van der Waals surface area contributed by atoms with Gasteiger partial charge in [0.2, 0.25) is 0 Å². The molecule has 2 aromatic heterocycles. The molecule has 0 N–H and O–H groups in total. The van der Waals surface area contributed by atoms with Crippen molar-refractivity contribution in [3.05, 3.63) is 54.1 Å². The Hall–Kier alpha value is -1.94. The molecule has 0 amide bonds. The topological polar surface area (TPSA) is 38.1 Å². The van der Waals surface area contributed by atoms with Crippen molar-refractivity contribution in [2.45, 2.75) is 6.42 Å². The summed E-state index contributed by atoms with van der Waals surface area (Å²) in [6.07, 6.45) is 8.28. The second kappa shape index (κ2) is 6.29. The number of Topliss-reactive ketones (excluding diaryl/α,β-unsaturated/α-hetero) is 1. The highest BCUT2D eigenvalue weighted by molar-refractivity contribution is 5.97. The molecule has 2 rings (SSSR count). The maximum Gasteiger partial charge on any atom is 0.178 e. The summed E-state index contributed by atoms with van der Waals surface area (Å²) in [7, 11) is 3.89. The molecular formula is C15H19N3O. The Labute approximate surface area is 113 Å². The van der Waals surface area contributed by atoms with E-state index >= 15 is 0 Å². The van der Waals surface area contributed by atoms with Crippen LogP contribution in [-0.2, 0) is 13.5 Å². The van der Waals surface area contributed by atoms with Gasteiger partial charge in [-0.15, -0.1) is 0 Å². The van der Waals surface area contributed by atoms with Crippen LogP contribution in [0.5, 0.6) is 0 Å². The third kappa shape index (κ3) is 4.03. The summed E-state index contributed by atoms with van der Waals surface area (Å²) in [5, 5.41) is 0. The Bertz CT molecular complexity index is 533. The van der Waals surface area contributed by atoms with Gasteiger partial charge in [-0.25, -0.2) is 0 Å². The van der Waals surface area contributed by atoms with Crippen molar-refractivity contribution >= 4 is 5.78 Å². The van der Waals surface area contributed by atoms with Crippen LogP contribution in [0.3, 0.4) is 0 Å². The number of ketones is 1. The minimum atomic E-state index is 0.165. The van der Waals surface area contributed by atoms with Gasteiger partial charge in [0.15, 0.2) is 5.78 Å². The zero-order chi connectivity index (χ0) is 13.7. The van der Waals surface area contributed by atoms with E-state index in [4.69, 9.17) is 0 Å². The van der Waals surface area contributed by atoms with Crippen LogP contribution in [0.25, 0.3) is 0 Å². The fourth-order valence-electron chi connectivity index (χ4n) is 1.95. The molecule has 0 atom stereocenters. The van der Waals surface area contributed by atoms with E-state index in [2.05, 4.69) is 9.88 Å². The van der Waals surface area contributed by atoms with Gasteiger partial charge in [0.25, 0.3) is 0 Å². The average molecular weight is 257 g/mol. The first-order valence-electron chi connectivity index (χ1n) is 6.38. The molecule has 0 radical (unpaired) electrons. The van der Waals surface area contributed by atoms with E-state index in [0.29, 0.717) is 6.54 Å². The van der Waals surface area contributed by atoms with Gasteiger partial charge < -0.3 is 4.57 Å². The van der Waals surface area contributed by atoms with E-state index in [9.17, 15) is 4.79 Å². The smallest absolute Gasteiger partial charge is 0.178 e. The fraction of sp³-hybridized carbons (Fsp3) is 0.333. The number of carbonyl (C=O) groups is 1. The number of rotatable bonds is 6. The molecule has 2 heterocycles. The first-order valence-corrected chi connectivity index (χ1v) is 6.38. The Morgan fingerprint density at radius 1 is 1.32 bits per heavy atom. The van der Waals surface area contributed by atoms with Gasteiger partial charge >= 0.3 is 0 Å². The first kappa shape index (κ1) is 13.5. The summed E-state index contributed by atoms with van der Waals surface area (Å²) in [5.41, 5.74) is 2.02. The Morgan fingerprint density at radius 3 is 2.68 bits per heavy atom. The summed E-state index contributed by atoms with van der Waals surface area (Å²) in [6.45, 7) is 1.32. The van der Waals surface area contributed by atoms with Crippen molar-refractivity contribution in [3.8, 4) is 0 Å². The number of hydrogen-bond acceptors (Lipinski definition) is 3. The normalized spacial score (nSPS) is 10.9. The van der Waals surface area contributed by atoms with Crippen molar-refractivity contribution < 1.29 is 4.79 Å². The van der Waals surface area contributed by atoms with Crippen LogP contribution in [0.2, 0.25) is 0 Å². The summed E-state index contributed by atoms with van der Waals surface area (Å²) >= 11 is 0. The SMILES string of the molecule is CN(CCc1ccncc1)CC(=O)c1ccn(C)c1. The highest BCUT2D eigenvalue weighted by atomic mass is 16.1. The summed E-state index contributed by atoms with van der Waals surface area (Å²) < 4.78 is 1.89. The van der Waals surface area contributed by atoms with E-state index in [-0.39, 0.29) is 5.78 Å². The summed E-state index contributed by atoms with van der Waals surface area (Å²) in [4.78, 5) is 18.1. The molecule has 0 saturated carbocycles. The summed E-state index contributed by atoms with van der Waals surface area (Å²) in [5.74, 6) is 0.165. The number of nitrogens with zero attached hydrogens (tertiary/aromatic N) is 3. The van der Waals surface area contributed by atoms with Gasteiger partial charge in [0, 0.05) is 43.9 Å². The van der Waals surface area contributed by atoms with Crippen LogP contribution >= 0.6 is 0 Å². The monoisotopic (exact) mass is 257 g/mol. The van der Waals surface area contributed by atoms with Gasteiger partial charge in [0.05, 0.1) is 6.54 Å². The average Bonchev–Trinajstić information content (AvgIpc) is 2.84. The van der Waals surface area contributed by atoms with Crippen molar-refractivity contribution in [2.24, 2.45) is 7.05 Å². The van der Waals surface area contributed by atoms with E-state index in [1.54, 1.807) is 12.4 Å². The van der Waals surface area contributed by atoms with E-state index in [0.717, 1.165) is 18.5 Å². The highest BCUT2D eigenvalue weighted by Crippen LogP contribution is 2.03. The molecule has 0 spiro atoms. The Balaban J connectivity index is 1.81. The van der Waals surface area contributed by atoms with Crippen LogP contribution < -0.4 is 0 Å². The molecule has 0 aliphatic rings. The number of aryl methyl sites for hydroxylation is 1. The second-order valence-electron chi connectivity index (χ2n) is 4.83. The lowest BCUT2D eigenvalue weighted by molar-refractivity contribution is 0.0947. The lowest BCUT2D eigenvalue weighted by Crippen LogP contribution is -2.27. The number of carbonyl (C=O) groups excluding carboxylic acids is 1.